The van der Waals surface area contributed by atoms with Crippen LogP contribution in [0.1, 0.15) is 35.9 Å². The van der Waals surface area contributed by atoms with Crippen molar-refractivity contribution < 1.29 is 169 Å². The van der Waals surface area contributed by atoms with Gasteiger partial charge in [0.05, 0.1) is 12.7 Å². The van der Waals surface area contributed by atoms with Gasteiger partial charge in [-0.25, -0.2) is 24.0 Å². The number of phenols is 1. The molecule has 9 N–H and O–H groups in total. The van der Waals surface area contributed by atoms with Crippen LogP contribution in [0.15, 0.2) is 30.3 Å². The summed E-state index contributed by atoms with van der Waals surface area (Å²) >= 11 is 0. The normalized spacial score (nSPS) is 25.9. The Morgan fingerprint density at radius 1 is 0.582 bits per heavy atom. The van der Waals surface area contributed by atoms with Gasteiger partial charge in [-0.1, -0.05) is 6.07 Å². The first-order chi connectivity index (χ1) is 36.7. The molecule has 79 heavy (non-hydrogen) atoms. The highest BCUT2D eigenvalue weighted by Gasteiger charge is 2.57. The zero-order valence-corrected chi connectivity index (χ0v) is 42.5. The van der Waals surface area contributed by atoms with Gasteiger partial charge in [0.15, 0.2) is 72.9 Å². The van der Waals surface area contributed by atoms with Gasteiger partial charge in [0.25, 0.3) is 30.4 Å². The number of ether oxygens (including phenoxy) is 14. The average Bonchev–Trinajstić information content (AvgIpc) is 3.41. The Hall–Kier alpha value is -7.50. The fourth-order valence-electron chi connectivity index (χ4n) is 7.73. The van der Waals surface area contributed by atoms with Crippen molar-refractivity contribution in [3.8, 4) is 28.7 Å². The van der Waals surface area contributed by atoms with E-state index in [1.54, 1.807) is 0 Å². The third-order valence-electron chi connectivity index (χ3n) is 10.7. The first-order valence-electron chi connectivity index (χ1n) is 21.9. The number of phenolic OH excluding ortho intramolecular Hbond substituents is 1. The minimum absolute atomic E-state index is 0.299. The highest BCUT2D eigenvalue weighted by molar-refractivity contribution is 7.86. The number of hydrogen-bond acceptors (Lipinski definition) is 28. The zero-order chi connectivity index (χ0) is 58.9. The third-order valence-corrected chi connectivity index (χ3v) is 12.8. The van der Waals surface area contributed by atoms with Gasteiger partial charge in [-0.3, -0.25) is 23.2 Å². The SMILES string of the molecule is CC(=O)OC1[C@H](OC2C(=O)c3c(O)cc(OCCS(=O)(=O)O)cc3OC2c2ccc(OCCS(=O)(=O)O)c(OCCS(=O)(=O)O)c2)O[C@H](CO[C@H]2OC(C)C(OC(=O)O)[C@@H](OC(=O)O)[C@H]2OC(=O)O)C(OC(=O)O)[C@@H]1OC(=O)O. The number of benzene rings is 2. The summed E-state index contributed by atoms with van der Waals surface area (Å²) in [6.07, 6.45) is -37.2. The molecule has 3 aliphatic rings. The van der Waals surface area contributed by atoms with Crippen molar-refractivity contribution in [3.63, 3.8) is 0 Å². The molecule has 0 radical (unpaired) electrons. The predicted molar refractivity (Wildman–Crippen MR) is 242 cm³/mol. The second-order valence-corrected chi connectivity index (χ2v) is 21.0. The molecule has 0 aromatic heterocycles. The summed E-state index contributed by atoms with van der Waals surface area (Å²) in [5.74, 6) is -8.54. The number of aromatic hydroxyl groups is 1. The van der Waals surface area contributed by atoms with E-state index in [4.69, 9.17) is 61.6 Å². The molecule has 3 heterocycles. The lowest BCUT2D eigenvalue weighted by atomic mass is 9.91. The molecule has 39 heteroatoms. The summed E-state index contributed by atoms with van der Waals surface area (Å²) < 4.78 is 172. The number of esters is 1. The summed E-state index contributed by atoms with van der Waals surface area (Å²) in [6, 6.07) is 4.76. The molecule has 2 saturated heterocycles. The fourth-order valence-corrected chi connectivity index (χ4v) is 8.61. The molecule has 0 bridgehead atoms. The Morgan fingerprint density at radius 3 is 1.59 bits per heavy atom. The van der Waals surface area contributed by atoms with Crippen LogP contribution in [-0.2, 0) is 82.5 Å². The molecule has 0 amide bonds. The van der Waals surface area contributed by atoms with Crippen molar-refractivity contribution in [2.45, 2.75) is 87.5 Å². The van der Waals surface area contributed by atoms with Crippen LogP contribution in [0.25, 0.3) is 0 Å². The van der Waals surface area contributed by atoms with Gasteiger partial charge in [-0.2, -0.15) is 25.3 Å². The maximum atomic E-state index is 14.8. The van der Waals surface area contributed by atoms with Crippen LogP contribution in [0.5, 0.6) is 28.7 Å². The number of carbonyl (C=O) groups excluding carboxylic acids is 2. The second-order valence-electron chi connectivity index (χ2n) is 16.3. The maximum absolute atomic E-state index is 14.8. The van der Waals surface area contributed by atoms with E-state index in [-0.39, 0.29) is 11.3 Å². The van der Waals surface area contributed by atoms with Crippen LogP contribution >= 0.6 is 0 Å². The van der Waals surface area contributed by atoms with Gasteiger partial charge in [0, 0.05) is 19.1 Å². The van der Waals surface area contributed by atoms with Crippen LogP contribution in [0.3, 0.4) is 0 Å². The van der Waals surface area contributed by atoms with Crippen LogP contribution < -0.4 is 18.9 Å². The van der Waals surface area contributed by atoms with Crippen LogP contribution in [0.4, 0.5) is 24.0 Å². The lowest BCUT2D eigenvalue weighted by Gasteiger charge is -2.46. The Kier molecular flexibility index (Phi) is 20.5. The van der Waals surface area contributed by atoms with Gasteiger partial charge in [0.1, 0.15) is 66.0 Å². The largest absolute Gasteiger partial charge is 0.507 e. The van der Waals surface area contributed by atoms with Gasteiger partial charge in [0.2, 0.25) is 5.78 Å². The lowest BCUT2D eigenvalue weighted by Crippen LogP contribution is -2.65. The molecule has 0 spiro atoms. The molecule has 2 aromatic carbocycles. The summed E-state index contributed by atoms with van der Waals surface area (Å²) in [4.78, 5) is 87.3. The van der Waals surface area contributed by atoms with Crippen molar-refractivity contribution in [2.24, 2.45) is 0 Å². The van der Waals surface area contributed by atoms with E-state index in [9.17, 15) is 103 Å². The molecule has 12 atom stereocenters. The lowest BCUT2D eigenvalue weighted by molar-refractivity contribution is -0.334. The third kappa shape index (κ3) is 18.0. The highest BCUT2D eigenvalue weighted by Crippen LogP contribution is 2.46. The Balaban J connectivity index is 1.66. The Bertz CT molecular complexity index is 2940. The molecule has 2 aromatic rings. The summed E-state index contributed by atoms with van der Waals surface area (Å²) in [5, 5.41) is 59.4. The van der Waals surface area contributed by atoms with E-state index >= 15 is 0 Å². The van der Waals surface area contributed by atoms with Crippen LogP contribution in [0, 0.1) is 0 Å². The molecule has 440 valence electrons. The second kappa shape index (κ2) is 26.0. The van der Waals surface area contributed by atoms with Crippen molar-refractivity contribution in [1.82, 2.24) is 0 Å². The Morgan fingerprint density at radius 2 is 1.06 bits per heavy atom. The topological polar surface area (TPSA) is 533 Å². The summed E-state index contributed by atoms with van der Waals surface area (Å²) in [7, 11) is -14.0. The number of carbonyl (C=O) groups is 7. The van der Waals surface area contributed by atoms with Crippen molar-refractivity contribution >= 4 is 72.9 Å². The zero-order valence-electron chi connectivity index (χ0n) is 40.0. The molecular formula is C40H46O36S3. The van der Waals surface area contributed by atoms with E-state index in [0.717, 1.165) is 44.2 Å². The average molecular weight is 1200 g/mol. The fraction of sp³-hybridized carbons (Fsp3) is 0.525. The van der Waals surface area contributed by atoms with E-state index < -0.39 is 219 Å². The van der Waals surface area contributed by atoms with Crippen molar-refractivity contribution in [1.29, 1.82) is 0 Å². The Labute approximate surface area is 442 Å². The van der Waals surface area contributed by atoms with Crippen molar-refractivity contribution in [3.05, 3.63) is 41.5 Å². The number of fused-ring (bicyclic) bond motifs is 1. The monoisotopic (exact) mass is 1200 g/mol. The first kappa shape index (κ1) is 62.3. The highest BCUT2D eigenvalue weighted by atomic mass is 32.2. The number of carboxylic acid groups (broad SMARTS) is 5. The number of rotatable bonds is 24. The molecule has 2 fully saturated rings. The standard InChI is InChI=1S/C40H46O36S3/c1-15-26(72-36(44)45)30(74-38(48)49)32(76-40(52)53)34(67-15)66-14-23-28(73-37(46)47)31(75-39(50)51)33(68-16(2)41)35(70-23)71-29-25(43)24-19(42)12-18(63-5-8-77(54,55)56)13-22(24)69-27(29)17-3-4-20(64-6-9-78(57,58)59)21(11-17)65-7-10-79(60,61)62/h3-4,11-13,15,23,26-35,42H,5-10,14H2,1-2H3,(H,44,45)(H,46,47)(H,48,49)(H,50,51)(H,52,53)(H,54,55,56)(H,57,58,59)(H,60,61,62)/t15?,23-,26?,27?,28?,29?,30-,31+,32-,33?,34+,35+/m1/s1. The molecule has 3 aliphatic heterocycles. The van der Waals surface area contributed by atoms with Crippen LogP contribution in [-0.4, -0.2) is 223 Å². The molecular weight excluding hydrogens is 1150 g/mol. The summed E-state index contributed by atoms with van der Waals surface area (Å²) in [6.45, 7) is -1.81. The van der Waals surface area contributed by atoms with E-state index in [1.807, 2.05) is 0 Å². The van der Waals surface area contributed by atoms with Crippen molar-refractivity contribution in [2.75, 3.05) is 43.7 Å². The molecule has 6 unspecified atom stereocenters. The first-order valence-corrected chi connectivity index (χ1v) is 26.7. The smallest absolute Gasteiger partial charge is 0.506 e. The minimum Gasteiger partial charge on any atom is -0.507 e. The molecule has 0 saturated carbocycles. The number of ketones is 1. The number of hydrogen-bond donors (Lipinski definition) is 9. The predicted octanol–water partition coefficient (Wildman–Crippen LogP) is 0.628. The van der Waals surface area contributed by atoms with Gasteiger partial charge < -0.3 is 97.0 Å². The van der Waals surface area contributed by atoms with Gasteiger partial charge in [-0.15, -0.1) is 0 Å². The maximum Gasteiger partial charge on any atom is 0.506 e. The van der Waals surface area contributed by atoms with E-state index in [1.165, 1.54) is 0 Å². The number of Topliss-reactive ketones (excluding diaryl/α,β-unsaturated/α-hetero) is 1. The van der Waals surface area contributed by atoms with Gasteiger partial charge in [-0.05, 0) is 24.6 Å². The van der Waals surface area contributed by atoms with Gasteiger partial charge >= 0.3 is 36.7 Å². The van der Waals surface area contributed by atoms with Crippen LogP contribution in [0.2, 0.25) is 0 Å². The molecule has 0 aliphatic carbocycles. The quantitative estimate of drug-likeness (QED) is 0.0395. The molecule has 5 rings (SSSR count). The summed E-state index contributed by atoms with van der Waals surface area (Å²) in [5.41, 5.74) is -1.06. The minimum atomic E-state index is -4.72. The van der Waals surface area contributed by atoms with E-state index in [2.05, 4.69) is 4.74 Å². The molecule has 36 nitrogen and oxygen atoms in total. The van der Waals surface area contributed by atoms with E-state index in [0.29, 0.717) is 0 Å².